The van der Waals surface area contributed by atoms with Crippen molar-refractivity contribution in [1.82, 2.24) is 15.2 Å². The summed E-state index contributed by atoms with van der Waals surface area (Å²) < 4.78 is 17.8. The molecule has 5 N–H and O–H groups in total. The Morgan fingerprint density at radius 3 is 2.88 bits per heavy atom. The molecule has 3 aliphatic heterocycles. The van der Waals surface area contributed by atoms with Gasteiger partial charge in [0.1, 0.15) is 23.7 Å². The number of anilines is 1. The number of β-lactam (4-membered cyclic amide) rings is 1. The molecule has 178 valence electrons. The first-order valence-corrected chi connectivity index (χ1v) is 11.9. The maximum absolute atomic E-state index is 12.9. The normalized spacial score (nSPS) is 31.7. The standard InChI is InChI=1S/C17H19N5O9S2/c1-6(23)3-30-21-10(8-4-32-16(18)19-8)12(25)20-11-13(26)22-14(11)33(29)5-7-2-9(24)31-17(7,22)15(27)28/h4,6-7,11,14,23H,2-3,5H2,1H3,(H2,18,19)(H,20,25)(H,27,28)/b21-10-. The fourth-order valence-corrected chi connectivity index (χ4v) is 6.38. The number of hydrogen-bond donors (Lipinski definition) is 4. The first-order chi connectivity index (χ1) is 15.6. The van der Waals surface area contributed by atoms with Gasteiger partial charge in [0.25, 0.3) is 17.5 Å². The second-order valence-corrected chi connectivity index (χ2v) is 10.1. The zero-order valence-electron chi connectivity index (χ0n) is 17.0. The van der Waals surface area contributed by atoms with Crippen molar-refractivity contribution in [1.29, 1.82) is 0 Å². The molecule has 2 amide bonds. The van der Waals surface area contributed by atoms with Crippen molar-refractivity contribution in [2.45, 2.75) is 36.6 Å². The molecule has 0 aromatic carbocycles. The Morgan fingerprint density at radius 2 is 2.27 bits per heavy atom. The van der Waals surface area contributed by atoms with E-state index in [0.29, 0.717) is 0 Å². The van der Waals surface area contributed by atoms with E-state index in [1.165, 1.54) is 12.3 Å². The number of aromatic nitrogens is 1. The Kier molecular flexibility index (Phi) is 5.83. The zero-order chi connectivity index (χ0) is 24.1. The number of ether oxygens (including phenoxy) is 1. The zero-order valence-corrected chi connectivity index (χ0v) is 18.6. The number of carboxylic acid groups (broad SMARTS) is 1. The molecule has 3 aliphatic rings. The van der Waals surface area contributed by atoms with Crippen molar-refractivity contribution in [3.63, 3.8) is 0 Å². The number of nitrogens with two attached hydrogens (primary N) is 1. The summed E-state index contributed by atoms with van der Waals surface area (Å²) in [6.07, 6.45) is -1.16. The van der Waals surface area contributed by atoms with Gasteiger partial charge in [-0.25, -0.2) is 9.78 Å². The molecule has 1 aromatic heterocycles. The largest absolute Gasteiger partial charge is 0.477 e. The number of aliphatic hydroxyl groups is 1. The molecular weight excluding hydrogens is 482 g/mol. The SMILES string of the molecule is CC(O)CO/N=C(\C(=O)NC1C(=O)N2C1S(=O)CC1CC(=O)OC12C(=O)O)c1csc(N)n1. The second kappa shape index (κ2) is 8.35. The van der Waals surface area contributed by atoms with Crippen LogP contribution < -0.4 is 11.1 Å². The van der Waals surface area contributed by atoms with Gasteiger partial charge >= 0.3 is 11.9 Å². The number of fused-ring (bicyclic) bond motifs is 3. The minimum absolute atomic E-state index is 0.0424. The molecule has 6 unspecified atom stereocenters. The summed E-state index contributed by atoms with van der Waals surface area (Å²) in [5, 5.41) is 25.5. The van der Waals surface area contributed by atoms with E-state index in [1.54, 1.807) is 0 Å². The van der Waals surface area contributed by atoms with Crippen molar-refractivity contribution in [3.05, 3.63) is 11.1 Å². The number of nitrogens with zero attached hydrogens (tertiary/aromatic N) is 3. The number of rotatable bonds is 7. The summed E-state index contributed by atoms with van der Waals surface area (Å²) >= 11 is 1.02. The van der Waals surface area contributed by atoms with Crippen molar-refractivity contribution in [3.8, 4) is 0 Å². The second-order valence-electron chi connectivity index (χ2n) is 7.63. The molecule has 0 bridgehead atoms. The number of nitrogens with one attached hydrogen (secondary N) is 1. The summed E-state index contributed by atoms with van der Waals surface area (Å²) in [5.41, 5.74) is 3.04. The summed E-state index contributed by atoms with van der Waals surface area (Å²) in [6, 6.07) is -1.35. The monoisotopic (exact) mass is 501 g/mol. The van der Waals surface area contributed by atoms with Gasteiger partial charge in [0.15, 0.2) is 10.8 Å². The Hall–Kier alpha value is -3.11. The topological polar surface area (TPSA) is 211 Å². The van der Waals surface area contributed by atoms with Crippen LogP contribution in [0.25, 0.3) is 0 Å². The summed E-state index contributed by atoms with van der Waals surface area (Å²) in [5.74, 6) is -5.32. The van der Waals surface area contributed by atoms with Gasteiger partial charge in [-0.15, -0.1) is 11.3 Å². The minimum atomic E-state index is -2.26. The highest BCUT2D eigenvalue weighted by molar-refractivity contribution is 7.85. The van der Waals surface area contributed by atoms with Crippen LogP contribution in [0.1, 0.15) is 19.0 Å². The average molecular weight is 501 g/mol. The Balaban J connectivity index is 1.58. The predicted molar refractivity (Wildman–Crippen MR) is 111 cm³/mol. The molecule has 0 aliphatic carbocycles. The van der Waals surface area contributed by atoms with Crippen molar-refractivity contribution in [2.24, 2.45) is 11.1 Å². The molecule has 0 saturated carbocycles. The number of aliphatic hydroxyl groups excluding tert-OH is 1. The smallest absolute Gasteiger partial charge is 0.370 e. The van der Waals surface area contributed by atoms with Gasteiger partial charge < -0.3 is 30.8 Å². The number of carbonyl (C=O) groups excluding carboxylic acids is 3. The highest BCUT2D eigenvalue weighted by atomic mass is 32.2. The molecular formula is C17H19N5O9S2. The Bertz CT molecular complexity index is 1090. The number of esters is 1. The van der Waals surface area contributed by atoms with Crippen molar-refractivity contribution in [2.75, 3.05) is 18.1 Å². The molecule has 6 atom stereocenters. The lowest BCUT2D eigenvalue weighted by Crippen LogP contribution is -2.83. The van der Waals surface area contributed by atoms with Crippen molar-refractivity contribution < 1.29 is 43.2 Å². The van der Waals surface area contributed by atoms with Gasteiger partial charge in [-0.2, -0.15) is 0 Å². The number of oxime groups is 1. The number of nitrogen functional groups attached to an aromatic ring is 1. The fraction of sp³-hybridized carbons (Fsp3) is 0.529. The molecule has 14 nitrogen and oxygen atoms in total. The molecule has 3 fully saturated rings. The van der Waals surface area contributed by atoms with Gasteiger partial charge in [-0.1, -0.05) is 5.16 Å². The number of aliphatic carboxylic acids is 1. The van der Waals surface area contributed by atoms with Crippen LogP contribution in [0.4, 0.5) is 5.13 Å². The van der Waals surface area contributed by atoms with E-state index in [1.807, 2.05) is 0 Å². The minimum Gasteiger partial charge on any atom is -0.477 e. The third-order valence-corrected chi connectivity index (χ3v) is 7.74. The summed E-state index contributed by atoms with van der Waals surface area (Å²) in [7, 11) is -1.77. The van der Waals surface area contributed by atoms with Crippen LogP contribution in [0.2, 0.25) is 0 Å². The van der Waals surface area contributed by atoms with Crippen LogP contribution >= 0.6 is 11.3 Å². The number of amides is 2. The molecule has 33 heavy (non-hydrogen) atoms. The quantitative estimate of drug-likeness (QED) is 0.134. The number of carbonyl (C=O) groups is 4. The maximum Gasteiger partial charge on any atom is 0.370 e. The molecule has 0 radical (unpaired) electrons. The first kappa shape index (κ1) is 23.1. The predicted octanol–water partition coefficient (Wildman–Crippen LogP) is -2.41. The lowest BCUT2D eigenvalue weighted by molar-refractivity contribution is -0.216. The third kappa shape index (κ3) is 3.72. The first-order valence-electron chi connectivity index (χ1n) is 9.62. The van der Waals surface area contributed by atoms with E-state index in [-0.39, 0.29) is 35.3 Å². The Morgan fingerprint density at radius 1 is 1.55 bits per heavy atom. The van der Waals surface area contributed by atoms with E-state index in [0.717, 1.165) is 16.2 Å². The van der Waals surface area contributed by atoms with Crippen molar-refractivity contribution >= 4 is 56.7 Å². The lowest BCUT2D eigenvalue weighted by atomic mass is 9.89. The average Bonchev–Trinajstić information content (AvgIpc) is 3.30. The summed E-state index contributed by atoms with van der Waals surface area (Å²) in [6.45, 7) is 1.21. The fourth-order valence-electron chi connectivity index (χ4n) is 3.91. The number of carboxylic acids is 1. The summed E-state index contributed by atoms with van der Waals surface area (Å²) in [4.78, 5) is 59.3. The van der Waals surface area contributed by atoms with Gasteiger partial charge in [0.05, 0.1) is 18.4 Å². The van der Waals surface area contributed by atoms with E-state index in [2.05, 4.69) is 15.5 Å². The lowest BCUT2D eigenvalue weighted by Gasteiger charge is -2.56. The van der Waals surface area contributed by atoms with Crippen LogP contribution in [-0.2, 0) is 39.6 Å². The highest BCUT2D eigenvalue weighted by Crippen LogP contribution is 2.47. The van der Waals surface area contributed by atoms with E-state index >= 15 is 0 Å². The Labute approximate surface area is 192 Å². The molecule has 4 rings (SSSR count). The van der Waals surface area contributed by atoms with Crippen LogP contribution in [0.5, 0.6) is 0 Å². The van der Waals surface area contributed by atoms with E-state index in [9.17, 15) is 33.6 Å². The highest BCUT2D eigenvalue weighted by Gasteiger charge is 2.73. The van der Waals surface area contributed by atoms with Gasteiger partial charge in [0, 0.05) is 21.9 Å². The van der Waals surface area contributed by atoms with Gasteiger partial charge in [-0.05, 0) is 6.92 Å². The molecule has 0 spiro atoms. The van der Waals surface area contributed by atoms with Gasteiger partial charge in [0.2, 0.25) is 0 Å². The van der Waals surface area contributed by atoms with Gasteiger partial charge in [-0.3, -0.25) is 23.5 Å². The third-order valence-electron chi connectivity index (χ3n) is 5.32. The molecule has 1 aromatic rings. The number of hydrogen-bond acceptors (Lipinski definition) is 12. The number of thiazole rings is 1. The van der Waals surface area contributed by atoms with Crippen LogP contribution in [0.15, 0.2) is 10.5 Å². The molecule has 16 heteroatoms. The van der Waals surface area contributed by atoms with Crippen LogP contribution in [0, 0.1) is 5.92 Å². The van der Waals surface area contributed by atoms with Crippen LogP contribution in [-0.4, -0.2) is 89.4 Å². The molecule has 3 saturated heterocycles. The van der Waals surface area contributed by atoms with E-state index in [4.69, 9.17) is 15.3 Å². The van der Waals surface area contributed by atoms with E-state index < -0.39 is 63.7 Å². The molecule has 4 heterocycles. The van der Waals surface area contributed by atoms with Crippen LogP contribution in [0.3, 0.4) is 0 Å². The maximum atomic E-state index is 12.9.